The maximum Gasteiger partial charge on any atom is 0.227 e. The Morgan fingerprint density at radius 1 is 1.12 bits per heavy atom. The van der Waals surface area contributed by atoms with E-state index in [9.17, 15) is 8.78 Å². The average Bonchev–Trinajstić information content (AvgIpc) is 2.91. The zero-order valence-electron chi connectivity index (χ0n) is 16.6. The molecule has 0 spiro atoms. The lowest BCUT2D eigenvalue weighted by molar-refractivity contribution is 0.382. The number of hydrogen-bond acceptors (Lipinski definition) is 4. The highest BCUT2D eigenvalue weighted by molar-refractivity contribution is 14.1. The van der Waals surface area contributed by atoms with Crippen molar-refractivity contribution in [3.63, 3.8) is 0 Å². The summed E-state index contributed by atoms with van der Waals surface area (Å²) in [5.41, 5.74) is 3.76. The van der Waals surface area contributed by atoms with Crippen molar-refractivity contribution in [2.75, 3.05) is 5.32 Å². The maximum atomic E-state index is 14.8. The van der Waals surface area contributed by atoms with Crippen LogP contribution in [-0.2, 0) is 6.54 Å². The Kier molecular flexibility index (Phi) is 5.77. The van der Waals surface area contributed by atoms with E-state index in [0.717, 1.165) is 14.8 Å². The van der Waals surface area contributed by atoms with Gasteiger partial charge in [-0.15, -0.1) is 0 Å². The molecule has 5 rings (SSSR count). The number of rotatable bonds is 3. The van der Waals surface area contributed by atoms with Gasteiger partial charge in [0.25, 0.3) is 0 Å². The van der Waals surface area contributed by atoms with Gasteiger partial charge in [0.1, 0.15) is 12.0 Å². The van der Waals surface area contributed by atoms with E-state index >= 15 is 0 Å². The minimum Gasteiger partial charge on any atom is -0.324 e. The van der Waals surface area contributed by atoms with E-state index in [1.165, 1.54) is 12.2 Å². The molecule has 1 N–H and O–H groups in total. The predicted molar refractivity (Wildman–Crippen MR) is 132 cm³/mol. The molecule has 160 valence electrons. The predicted octanol–water partition coefficient (Wildman–Crippen LogP) is 6.97. The molecule has 4 nitrogen and oxygen atoms in total. The van der Waals surface area contributed by atoms with Gasteiger partial charge in [-0.3, -0.25) is 4.99 Å². The van der Waals surface area contributed by atoms with Crippen LogP contribution >= 0.6 is 34.2 Å². The van der Waals surface area contributed by atoms with E-state index in [1.807, 2.05) is 30.3 Å². The first-order valence-electron chi connectivity index (χ1n) is 9.93. The van der Waals surface area contributed by atoms with Crippen LogP contribution in [0.2, 0.25) is 5.02 Å². The van der Waals surface area contributed by atoms with Gasteiger partial charge in [-0.25, -0.2) is 18.7 Å². The fraction of sp³-hybridized carbons (Fsp3) is 0.125. The summed E-state index contributed by atoms with van der Waals surface area (Å²) in [7, 11) is 0. The highest BCUT2D eigenvalue weighted by atomic mass is 127. The number of nitrogens with one attached hydrogen (secondary N) is 1. The highest BCUT2D eigenvalue weighted by Crippen LogP contribution is 2.36. The summed E-state index contributed by atoms with van der Waals surface area (Å²) < 4.78 is 30.5. The van der Waals surface area contributed by atoms with Crippen molar-refractivity contribution < 1.29 is 8.78 Å². The standard InChI is InChI=1S/C24H16ClF2IN4/c25-14-7-8-17-18(9-14)23(21-19(26)5-2-6-20(21)27)29-11-13-12-30-24(32-22(13)17)31-16-4-1-3-15(28)10-16/h1-5,7-10,12,20H,6,11H2,(H,30,31,32). The molecule has 2 aliphatic rings. The number of halogens is 4. The van der Waals surface area contributed by atoms with Gasteiger partial charge in [0, 0.05) is 49.2 Å². The number of fused-ring (bicyclic) bond motifs is 3. The zero-order chi connectivity index (χ0) is 22.2. The molecule has 0 fully saturated rings. The van der Waals surface area contributed by atoms with Crippen molar-refractivity contribution in [2.24, 2.45) is 4.99 Å². The number of anilines is 2. The Hall–Kier alpha value is -2.65. The molecule has 0 saturated carbocycles. The van der Waals surface area contributed by atoms with Crippen LogP contribution in [0.1, 0.15) is 17.5 Å². The van der Waals surface area contributed by atoms with Crippen LogP contribution in [-0.4, -0.2) is 21.9 Å². The van der Waals surface area contributed by atoms with Gasteiger partial charge >= 0.3 is 0 Å². The van der Waals surface area contributed by atoms with Crippen molar-refractivity contribution in [3.8, 4) is 11.3 Å². The first kappa shape index (κ1) is 21.2. The normalized spacial score (nSPS) is 17.4. The van der Waals surface area contributed by atoms with Gasteiger partial charge in [-0.05, 0) is 59.0 Å². The monoisotopic (exact) mass is 560 g/mol. The summed E-state index contributed by atoms with van der Waals surface area (Å²) in [5, 5.41) is 3.67. The second-order valence-corrected chi connectivity index (χ2v) is 9.11. The number of aliphatic imine (C=N–C) groups is 1. The smallest absolute Gasteiger partial charge is 0.227 e. The van der Waals surface area contributed by atoms with Crippen LogP contribution in [0.5, 0.6) is 0 Å². The van der Waals surface area contributed by atoms with Crippen molar-refractivity contribution >= 4 is 51.5 Å². The SMILES string of the molecule is FC1=C(C2=NCc3cnc(Nc4cccc(I)c4)nc3-c3ccc(Cl)cc32)C(F)CC=C1. The van der Waals surface area contributed by atoms with Crippen LogP contribution in [0.15, 0.2) is 77.2 Å². The Morgan fingerprint density at radius 3 is 2.81 bits per heavy atom. The summed E-state index contributed by atoms with van der Waals surface area (Å²) >= 11 is 8.51. The van der Waals surface area contributed by atoms with Gasteiger partial charge in [-0.1, -0.05) is 29.8 Å². The van der Waals surface area contributed by atoms with E-state index in [4.69, 9.17) is 16.6 Å². The van der Waals surface area contributed by atoms with E-state index in [2.05, 4.69) is 37.9 Å². The molecule has 2 heterocycles. The largest absolute Gasteiger partial charge is 0.324 e. The van der Waals surface area contributed by atoms with Crippen LogP contribution in [0, 0.1) is 3.57 Å². The Morgan fingerprint density at radius 2 is 2.00 bits per heavy atom. The van der Waals surface area contributed by atoms with Crippen LogP contribution < -0.4 is 5.32 Å². The van der Waals surface area contributed by atoms with E-state index in [-0.39, 0.29) is 24.3 Å². The van der Waals surface area contributed by atoms with Gasteiger partial charge in [0.05, 0.1) is 18.0 Å². The fourth-order valence-electron chi connectivity index (χ4n) is 3.82. The van der Waals surface area contributed by atoms with E-state index in [1.54, 1.807) is 18.3 Å². The van der Waals surface area contributed by atoms with Crippen LogP contribution in [0.4, 0.5) is 20.4 Å². The molecule has 0 radical (unpaired) electrons. The third kappa shape index (κ3) is 4.06. The summed E-state index contributed by atoms with van der Waals surface area (Å²) in [6, 6.07) is 13.1. The molecular weight excluding hydrogens is 545 g/mol. The summed E-state index contributed by atoms with van der Waals surface area (Å²) in [4.78, 5) is 13.7. The minimum absolute atomic E-state index is 0.0472. The topological polar surface area (TPSA) is 50.2 Å². The molecule has 0 bridgehead atoms. The molecule has 0 amide bonds. The van der Waals surface area contributed by atoms with E-state index < -0.39 is 12.0 Å². The third-order valence-corrected chi connectivity index (χ3v) is 6.18. The number of allylic oxidation sites excluding steroid dienone is 4. The highest BCUT2D eigenvalue weighted by Gasteiger charge is 2.29. The van der Waals surface area contributed by atoms with Gasteiger partial charge in [0.15, 0.2) is 0 Å². The van der Waals surface area contributed by atoms with Crippen molar-refractivity contribution in [2.45, 2.75) is 19.1 Å². The quantitative estimate of drug-likeness (QED) is 0.352. The third-order valence-electron chi connectivity index (χ3n) is 5.28. The first-order valence-corrected chi connectivity index (χ1v) is 11.4. The zero-order valence-corrected chi connectivity index (χ0v) is 19.5. The molecule has 1 aliphatic heterocycles. The van der Waals surface area contributed by atoms with Gasteiger partial charge in [-0.2, -0.15) is 0 Å². The fourth-order valence-corrected chi connectivity index (χ4v) is 4.53. The molecular formula is C24H16ClF2IN4. The van der Waals surface area contributed by atoms with Gasteiger partial charge < -0.3 is 5.32 Å². The van der Waals surface area contributed by atoms with Crippen molar-refractivity contribution in [1.82, 2.24) is 9.97 Å². The summed E-state index contributed by atoms with van der Waals surface area (Å²) in [5.74, 6) is -0.198. The molecule has 1 aromatic heterocycles. The van der Waals surface area contributed by atoms with Crippen LogP contribution in [0.3, 0.4) is 0 Å². The van der Waals surface area contributed by atoms with E-state index in [0.29, 0.717) is 27.8 Å². The lowest BCUT2D eigenvalue weighted by Crippen LogP contribution is -2.19. The van der Waals surface area contributed by atoms with Crippen molar-refractivity contribution in [1.29, 1.82) is 0 Å². The van der Waals surface area contributed by atoms with Crippen LogP contribution in [0.25, 0.3) is 11.3 Å². The molecule has 1 aliphatic carbocycles. The average molecular weight is 561 g/mol. The minimum atomic E-state index is -1.48. The summed E-state index contributed by atoms with van der Waals surface area (Å²) in [6.45, 7) is 0.202. The number of benzene rings is 2. The number of aromatic nitrogens is 2. The maximum absolute atomic E-state index is 14.8. The Bertz CT molecular complexity index is 1320. The molecule has 3 aromatic rings. The molecule has 8 heteroatoms. The Balaban J connectivity index is 1.63. The molecule has 32 heavy (non-hydrogen) atoms. The Labute approximate surface area is 202 Å². The number of nitrogens with zero attached hydrogens (tertiary/aromatic N) is 3. The molecule has 2 aromatic carbocycles. The first-order chi connectivity index (χ1) is 15.5. The lowest BCUT2D eigenvalue weighted by atomic mass is 9.90. The van der Waals surface area contributed by atoms with Gasteiger partial charge in [0.2, 0.25) is 5.95 Å². The molecule has 0 saturated heterocycles. The lowest BCUT2D eigenvalue weighted by Gasteiger charge is -2.19. The second-order valence-electron chi connectivity index (χ2n) is 7.42. The second kappa shape index (κ2) is 8.71. The number of alkyl halides is 1. The molecule has 1 unspecified atom stereocenters. The number of hydrogen-bond donors (Lipinski definition) is 1. The van der Waals surface area contributed by atoms with Crippen molar-refractivity contribution in [3.05, 3.63) is 91.9 Å². The molecule has 1 atom stereocenters. The summed E-state index contributed by atoms with van der Waals surface area (Å²) in [6.07, 6.45) is 3.11.